The van der Waals surface area contributed by atoms with Gasteiger partial charge < -0.3 is 18.8 Å². The maximum absolute atomic E-state index is 9.25. The summed E-state index contributed by atoms with van der Waals surface area (Å²) in [7, 11) is -3.83. The smallest absolute Gasteiger partial charge is 0.791 e. The molecule has 0 spiro atoms. The number of rotatable bonds is 1. The first kappa shape index (κ1) is 16.5. The van der Waals surface area contributed by atoms with Crippen molar-refractivity contribution in [1.29, 1.82) is 0 Å². The van der Waals surface area contributed by atoms with Gasteiger partial charge >= 0.3 is 37.7 Å². The summed E-state index contributed by atoms with van der Waals surface area (Å²) in [6, 6.07) is 0. The van der Waals surface area contributed by atoms with Gasteiger partial charge in [-0.3, -0.25) is 0 Å². The number of hydrogen-bond donors (Lipinski definition) is 0. The average Bonchev–Trinajstić information content (AvgIpc) is 1.35. The maximum Gasteiger partial charge on any atom is 2.00 e. The molecule has 0 rings (SSSR count). The van der Waals surface area contributed by atoms with Crippen LogP contribution in [0.2, 0.25) is 0 Å². The molecule has 0 radical (unpaired) electrons. The van der Waals surface area contributed by atoms with E-state index in [2.05, 4.69) is 4.44 Å². The average molecular weight is 178 g/mol. The van der Waals surface area contributed by atoms with Crippen LogP contribution in [0, 0.1) is 0 Å². The van der Waals surface area contributed by atoms with Crippen molar-refractivity contribution in [2.45, 2.75) is 0 Å². The molecule has 0 bridgehead atoms. The molecule has 0 saturated carbocycles. The normalized spacial score (nSPS) is 8.75. The minimum absolute atomic E-state index is 0. The van der Waals surface area contributed by atoms with Crippen molar-refractivity contribution in [3.8, 4) is 0 Å². The van der Waals surface area contributed by atoms with Gasteiger partial charge in [-0.25, -0.2) is 0 Å². The van der Waals surface area contributed by atoms with E-state index in [1.165, 1.54) is 0 Å². The topological polar surface area (TPSA) is 72.4 Å². The largest absolute Gasteiger partial charge is 2.00 e. The van der Waals surface area contributed by atoms with Crippen LogP contribution in [0.4, 0.5) is 0 Å². The second-order valence-electron chi connectivity index (χ2n) is 0.630. The second-order valence-corrected chi connectivity index (χ2v) is 1.89. The molecule has 0 aliphatic carbocycles. The molecule has 0 aliphatic heterocycles. The summed E-state index contributed by atoms with van der Waals surface area (Å²) < 4.78 is 12.6. The van der Waals surface area contributed by atoms with Crippen LogP contribution in [0.15, 0.2) is 0 Å². The Labute approximate surface area is 88.8 Å². The summed E-state index contributed by atoms with van der Waals surface area (Å²) in [5.41, 5.74) is 0. The molecule has 42 valence electrons. The van der Waals surface area contributed by atoms with Gasteiger partial charge in [0.05, 0.1) is 0 Å². The standard InChI is InChI=1S/Al.BH4O4P.Ca.3H/c;1-5-6(2,3)4;;;;/h;1H2,(H2,2,3,4);;;;/q;;+2;;;/p-2. The van der Waals surface area contributed by atoms with Crippen molar-refractivity contribution in [2.75, 3.05) is 0 Å². The van der Waals surface area contributed by atoms with Gasteiger partial charge in [-0.05, 0) is 0 Å². The SMILES string of the molecule is BOP(=O)([O-])[O-].[AlH3].[Ca+2]. The minimum Gasteiger partial charge on any atom is -0.791 e. The summed E-state index contributed by atoms with van der Waals surface area (Å²) in [6.07, 6.45) is 0. The zero-order valence-electron chi connectivity index (χ0n) is 3.79. The first-order chi connectivity index (χ1) is 2.56. The van der Waals surface area contributed by atoms with E-state index in [0.29, 0.717) is 0 Å². The van der Waals surface area contributed by atoms with Crippen molar-refractivity contribution in [1.82, 2.24) is 0 Å². The number of phosphoric acid groups is 1. The van der Waals surface area contributed by atoms with Gasteiger partial charge in [0.25, 0.3) is 8.05 Å². The first-order valence-electron chi connectivity index (χ1n) is 1.14. The molecule has 0 aromatic carbocycles. The Bertz CT molecular complexity index is 80.1. The third kappa shape index (κ3) is 15.7. The molecule has 0 heterocycles. The fraction of sp³-hybridized carbons (Fsp3) is 0. The van der Waals surface area contributed by atoms with Gasteiger partial charge in [-0.15, -0.1) is 0 Å². The molecule has 4 nitrogen and oxygen atoms in total. The zero-order chi connectivity index (χ0) is 5.21. The van der Waals surface area contributed by atoms with Crippen molar-refractivity contribution in [2.24, 2.45) is 0 Å². The molecule has 0 aromatic rings. The van der Waals surface area contributed by atoms with Crippen molar-refractivity contribution in [3.05, 3.63) is 0 Å². The van der Waals surface area contributed by atoms with E-state index in [9.17, 15) is 14.4 Å². The Morgan fingerprint density at radius 2 is 1.62 bits per heavy atom. The Morgan fingerprint density at radius 3 is 1.62 bits per heavy atom. The van der Waals surface area contributed by atoms with Gasteiger partial charge in [-0.2, -0.15) is 0 Å². The van der Waals surface area contributed by atoms with Crippen LogP contribution in [0.25, 0.3) is 0 Å². The van der Waals surface area contributed by atoms with Gasteiger partial charge in [-0.1, -0.05) is 0 Å². The van der Waals surface area contributed by atoms with E-state index in [0.717, 1.165) is 8.05 Å². The molecule has 8 heavy (non-hydrogen) atoms. The van der Waals surface area contributed by atoms with Gasteiger partial charge in [0.2, 0.25) is 0 Å². The quantitative estimate of drug-likeness (QED) is 0.301. The predicted octanol–water partition coefficient (Wildman–Crippen LogP) is -4.18. The van der Waals surface area contributed by atoms with Crippen LogP contribution in [0.1, 0.15) is 0 Å². The van der Waals surface area contributed by atoms with Gasteiger partial charge in [0.1, 0.15) is 0 Å². The third-order valence-electron chi connectivity index (χ3n) is 0.224. The molecule has 0 unspecified atom stereocenters. The third-order valence-corrected chi connectivity index (χ3v) is 0.671. The summed E-state index contributed by atoms with van der Waals surface area (Å²) in [5, 5.41) is 0. The Balaban J connectivity index is -0.000000125. The molecule has 0 atom stereocenters. The van der Waals surface area contributed by atoms with Gasteiger partial charge in [0, 0.05) is 7.82 Å². The van der Waals surface area contributed by atoms with E-state index in [1.54, 1.807) is 0 Å². The van der Waals surface area contributed by atoms with E-state index < -0.39 is 7.82 Å². The molecular formula is H5AlBCaO4P. The minimum atomic E-state index is -4.65. The van der Waals surface area contributed by atoms with E-state index in [4.69, 9.17) is 0 Å². The molecule has 0 aromatic heterocycles. The number of hydrogen-bond acceptors (Lipinski definition) is 4. The zero-order valence-corrected chi connectivity index (χ0v) is 6.89. The van der Waals surface area contributed by atoms with Gasteiger partial charge in [0.15, 0.2) is 17.4 Å². The van der Waals surface area contributed by atoms with Crippen LogP contribution in [-0.4, -0.2) is 63.1 Å². The summed E-state index contributed by atoms with van der Waals surface area (Å²) >= 11 is 0. The monoisotopic (exact) mass is 178 g/mol. The van der Waals surface area contributed by atoms with E-state index >= 15 is 0 Å². The Hall–Kier alpha value is 1.97. The van der Waals surface area contributed by atoms with Crippen molar-refractivity contribution >= 4 is 71.0 Å². The van der Waals surface area contributed by atoms with Crippen LogP contribution in [0.3, 0.4) is 0 Å². The molecule has 8 heteroatoms. The van der Waals surface area contributed by atoms with Crippen molar-refractivity contribution in [3.63, 3.8) is 0 Å². The van der Waals surface area contributed by atoms with Crippen LogP contribution in [-0.2, 0) is 9.01 Å². The molecule has 0 aliphatic rings. The Kier molecular flexibility index (Phi) is 14.6. The fourth-order valence-corrected chi connectivity index (χ4v) is 0. The predicted molar refractivity (Wildman–Crippen MR) is 32.9 cm³/mol. The maximum atomic E-state index is 9.25. The van der Waals surface area contributed by atoms with Crippen LogP contribution < -0.4 is 9.79 Å². The molecule has 0 saturated heterocycles. The first-order valence-corrected chi connectivity index (χ1v) is 2.60. The molecule has 0 amide bonds. The van der Waals surface area contributed by atoms with E-state index in [1.807, 2.05) is 0 Å². The molecular weight excluding hydrogens is 173 g/mol. The fourth-order valence-electron chi connectivity index (χ4n) is 0. The summed E-state index contributed by atoms with van der Waals surface area (Å²) in [4.78, 5) is 18.5. The van der Waals surface area contributed by atoms with Crippen LogP contribution in [0.5, 0.6) is 0 Å². The van der Waals surface area contributed by atoms with Crippen LogP contribution >= 0.6 is 7.82 Å². The van der Waals surface area contributed by atoms with Crippen molar-refractivity contribution < 1.29 is 18.8 Å². The second kappa shape index (κ2) is 7.08. The molecule has 0 N–H and O–H groups in total. The van der Waals surface area contributed by atoms with E-state index in [-0.39, 0.29) is 55.1 Å². The summed E-state index contributed by atoms with van der Waals surface area (Å²) in [5.74, 6) is 0. The summed E-state index contributed by atoms with van der Waals surface area (Å²) in [6.45, 7) is 0. The Morgan fingerprint density at radius 1 is 1.50 bits per heavy atom. The molecule has 0 fully saturated rings.